The lowest BCUT2D eigenvalue weighted by Crippen LogP contribution is -2.48. The Kier molecular flexibility index (Phi) is 3.57. The van der Waals surface area contributed by atoms with Gasteiger partial charge in [0.15, 0.2) is 0 Å². The summed E-state index contributed by atoms with van der Waals surface area (Å²) in [6.07, 6.45) is -0.826. The van der Waals surface area contributed by atoms with Crippen molar-refractivity contribution in [3.63, 3.8) is 0 Å². The van der Waals surface area contributed by atoms with Crippen molar-refractivity contribution in [2.75, 3.05) is 31.1 Å². The molecule has 0 unspecified atom stereocenters. The Morgan fingerprint density at radius 3 is 2.47 bits per heavy atom. The molecular weight excluding hydrogens is 284 g/mol. The SMILES string of the molecule is Cc1ccc(N2CCN(C(=O)O)CC2)c(Br)c1. The van der Waals surface area contributed by atoms with E-state index >= 15 is 0 Å². The summed E-state index contributed by atoms with van der Waals surface area (Å²) in [6, 6.07) is 6.23. The lowest BCUT2D eigenvalue weighted by molar-refractivity contribution is 0.142. The van der Waals surface area contributed by atoms with Crippen LogP contribution in [0.3, 0.4) is 0 Å². The fourth-order valence-electron chi connectivity index (χ4n) is 2.01. The minimum absolute atomic E-state index is 0.565. The van der Waals surface area contributed by atoms with Crippen molar-refractivity contribution < 1.29 is 9.90 Å². The Bertz CT molecular complexity index is 429. The van der Waals surface area contributed by atoms with Gasteiger partial charge in [-0.2, -0.15) is 0 Å². The lowest BCUT2D eigenvalue weighted by atomic mass is 10.2. The first-order chi connectivity index (χ1) is 8.08. The quantitative estimate of drug-likeness (QED) is 0.866. The Hall–Kier alpha value is -1.23. The third-order valence-corrected chi connectivity index (χ3v) is 3.63. The highest BCUT2D eigenvalue weighted by Gasteiger charge is 2.21. The molecule has 4 nitrogen and oxygen atoms in total. The van der Waals surface area contributed by atoms with Gasteiger partial charge >= 0.3 is 6.09 Å². The molecule has 5 heteroatoms. The molecular formula is C12H15BrN2O2. The number of carboxylic acid groups (broad SMARTS) is 1. The molecule has 1 fully saturated rings. The van der Waals surface area contributed by atoms with Crippen LogP contribution >= 0.6 is 15.9 Å². The predicted octanol–water partition coefficient (Wildman–Crippen LogP) is 2.56. The average molecular weight is 299 g/mol. The van der Waals surface area contributed by atoms with E-state index in [2.05, 4.69) is 46.0 Å². The third-order valence-electron chi connectivity index (χ3n) is 2.99. The summed E-state index contributed by atoms with van der Waals surface area (Å²) in [7, 11) is 0. The first-order valence-electron chi connectivity index (χ1n) is 5.57. The summed E-state index contributed by atoms with van der Waals surface area (Å²) in [5.74, 6) is 0. The van der Waals surface area contributed by atoms with E-state index in [4.69, 9.17) is 5.11 Å². The second-order valence-electron chi connectivity index (χ2n) is 4.21. The smallest absolute Gasteiger partial charge is 0.407 e. The van der Waals surface area contributed by atoms with E-state index in [0.717, 1.165) is 23.2 Å². The number of anilines is 1. The van der Waals surface area contributed by atoms with E-state index in [1.807, 2.05) is 0 Å². The van der Waals surface area contributed by atoms with Gasteiger partial charge in [-0.25, -0.2) is 4.79 Å². The molecule has 1 N–H and O–H groups in total. The van der Waals surface area contributed by atoms with E-state index in [0.29, 0.717) is 13.1 Å². The molecule has 2 rings (SSSR count). The van der Waals surface area contributed by atoms with Gasteiger partial charge in [-0.05, 0) is 40.5 Å². The molecule has 0 bridgehead atoms. The molecule has 1 amide bonds. The zero-order chi connectivity index (χ0) is 12.4. The first-order valence-corrected chi connectivity index (χ1v) is 6.36. The summed E-state index contributed by atoms with van der Waals surface area (Å²) >= 11 is 3.56. The normalized spacial score (nSPS) is 16.1. The number of rotatable bonds is 1. The van der Waals surface area contributed by atoms with Gasteiger partial charge in [0.2, 0.25) is 0 Å². The molecule has 1 aromatic carbocycles. The van der Waals surface area contributed by atoms with Crippen LogP contribution in [0.15, 0.2) is 22.7 Å². The second-order valence-corrected chi connectivity index (χ2v) is 5.07. The maximum Gasteiger partial charge on any atom is 0.407 e. The molecule has 0 spiro atoms. The molecule has 1 heterocycles. The van der Waals surface area contributed by atoms with Crippen LogP contribution in [0.25, 0.3) is 0 Å². The molecule has 0 aliphatic carbocycles. The topological polar surface area (TPSA) is 43.8 Å². The number of benzene rings is 1. The monoisotopic (exact) mass is 298 g/mol. The number of halogens is 1. The van der Waals surface area contributed by atoms with Crippen LogP contribution in [0.2, 0.25) is 0 Å². The molecule has 0 radical (unpaired) electrons. The largest absolute Gasteiger partial charge is 0.465 e. The van der Waals surface area contributed by atoms with Crippen molar-refractivity contribution in [1.29, 1.82) is 0 Å². The van der Waals surface area contributed by atoms with Gasteiger partial charge in [0.05, 0.1) is 5.69 Å². The van der Waals surface area contributed by atoms with E-state index in [1.165, 1.54) is 10.5 Å². The van der Waals surface area contributed by atoms with Crippen LogP contribution < -0.4 is 4.90 Å². The molecule has 0 aromatic heterocycles. The van der Waals surface area contributed by atoms with Crippen molar-refractivity contribution in [3.05, 3.63) is 28.2 Å². The third kappa shape index (κ3) is 2.72. The second kappa shape index (κ2) is 4.96. The summed E-state index contributed by atoms with van der Waals surface area (Å²) in [5, 5.41) is 8.88. The van der Waals surface area contributed by atoms with Crippen molar-refractivity contribution in [2.24, 2.45) is 0 Å². The Morgan fingerprint density at radius 1 is 1.29 bits per heavy atom. The zero-order valence-corrected chi connectivity index (χ0v) is 11.3. The molecule has 1 aromatic rings. The number of amides is 1. The van der Waals surface area contributed by atoms with Gasteiger partial charge in [-0.3, -0.25) is 0 Å². The summed E-state index contributed by atoms with van der Waals surface area (Å²) in [5.41, 5.74) is 2.35. The standard InChI is InChI=1S/C12H15BrN2O2/c1-9-2-3-11(10(13)8-9)14-4-6-15(7-5-14)12(16)17/h2-3,8H,4-7H2,1H3,(H,16,17). The van der Waals surface area contributed by atoms with Crippen molar-refractivity contribution in [3.8, 4) is 0 Å². The summed E-state index contributed by atoms with van der Waals surface area (Å²) in [4.78, 5) is 14.5. The van der Waals surface area contributed by atoms with Crippen LogP contribution in [-0.2, 0) is 0 Å². The van der Waals surface area contributed by atoms with Gasteiger partial charge in [-0.1, -0.05) is 6.07 Å². The van der Waals surface area contributed by atoms with Crippen LogP contribution in [0.1, 0.15) is 5.56 Å². The molecule has 1 aliphatic rings. The lowest BCUT2D eigenvalue weighted by Gasteiger charge is -2.35. The van der Waals surface area contributed by atoms with Gasteiger partial charge < -0.3 is 14.9 Å². The molecule has 1 aliphatic heterocycles. The Labute approximate surface area is 109 Å². The van der Waals surface area contributed by atoms with Gasteiger partial charge in [0, 0.05) is 30.7 Å². The minimum atomic E-state index is -0.826. The number of hydrogen-bond donors (Lipinski definition) is 1. The number of piperazine rings is 1. The fraction of sp³-hybridized carbons (Fsp3) is 0.417. The van der Waals surface area contributed by atoms with E-state index in [-0.39, 0.29) is 0 Å². The number of hydrogen-bond acceptors (Lipinski definition) is 2. The maximum absolute atomic E-state index is 10.8. The summed E-state index contributed by atoms with van der Waals surface area (Å²) in [6.45, 7) is 4.67. The first kappa shape index (κ1) is 12.2. The Morgan fingerprint density at radius 2 is 1.94 bits per heavy atom. The van der Waals surface area contributed by atoms with Gasteiger partial charge in [0.1, 0.15) is 0 Å². The van der Waals surface area contributed by atoms with E-state index in [1.54, 1.807) is 0 Å². The minimum Gasteiger partial charge on any atom is -0.465 e. The Balaban J connectivity index is 2.08. The van der Waals surface area contributed by atoms with Crippen LogP contribution in [-0.4, -0.2) is 42.3 Å². The average Bonchev–Trinajstić information content (AvgIpc) is 2.29. The number of aryl methyl sites for hydroxylation is 1. The predicted molar refractivity (Wildman–Crippen MR) is 70.7 cm³/mol. The van der Waals surface area contributed by atoms with Gasteiger partial charge in [-0.15, -0.1) is 0 Å². The van der Waals surface area contributed by atoms with Crippen LogP contribution in [0.4, 0.5) is 10.5 Å². The van der Waals surface area contributed by atoms with Crippen LogP contribution in [0, 0.1) is 6.92 Å². The number of carbonyl (C=O) groups is 1. The van der Waals surface area contributed by atoms with E-state index in [9.17, 15) is 4.79 Å². The molecule has 0 saturated carbocycles. The highest BCUT2D eigenvalue weighted by atomic mass is 79.9. The van der Waals surface area contributed by atoms with Crippen molar-refractivity contribution in [2.45, 2.75) is 6.92 Å². The van der Waals surface area contributed by atoms with Gasteiger partial charge in [0.25, 0.3) is 0 Å². The highest BCUT2D eigenvalue weighted by Crippen LogP contribution is 2.27. The van der Waals surface area contributed by atoms with E-state index < -0.39 is 6.09 Å². The summed E-state index contributed by atoms with van der Waals surface area (Å²) < 4.78 is 1.07. The maximum atomic E-state index is 10.8. The number of nitrogens with zero attached hydrogens (tertiary/aromatic N) is 2. The zero-order valence-electron chi connectivity index (χ0n) is 9.69. The van der Waals surface area contributed by atoms with Crippen LogP contribution in [0.5, 0.6) is 0 Å². The highest BCUT2D eigenvalue weighted by molar-refractivity contribution is 9.10. The molecule has 0 atom stereocenters. The van der Waals surface area contributed by atoms with Crippen molar-refractivity contribution >= 4 is 27.7 Å². The molecule has 92 valence electrons. The molecule has 17 heavy (non-hydrogen) atoms. The fourth-order valence-corrected chi connectivity index (χ4v) is 2.75. The molecule has 1 saturated heterocycles. The van der Waals surface area contributed by atoms with Crippen molar-refractivity contribution in [1.82, 2.24) is 4.90 Å².